The number of fused-ring (bicyclic) bond motifs is 1. The molecule has 0 radical (unpaired) electrons. The Balaban J connectivity index is 1.76. The van der Waals surface area contributed by atoms with Crippen LogP contribution < -0.4 is 14.8 Å². The third-order valence-electron chi connectivity index (χ3n) is 2.94. The van der Waals surface area contributed by atoms with Gasteiger partial charge >= 0.3 is 0 Å². The Morgan fingerprint density at radius 3 is 3.00 bits per heavy atom. The zero-order valence-electron chi connectivity index (χ0n) is 10.3. The SMILES string of the molecule is Cc1nc(NCc2cccc3c2OCO3)sc1C. The Labute approximate surface area is 110 Å². The molecule has 1 aromatic heterocycles. The summed E-state index contributed by atoms with van der Waals surface area (Å²) in [6.45, 7) is 5.10. The van der Waals surface area contributed by atoms with Crippen molar-refractivity contribution in [2.24, 2.45) is 0 Å². The van der Waals surface area contributed by atoms with E-state index in [1.165, 1.54) is 4.88 Å². The zero-order chi connectivity index (χ0) is 12.5. The molecule has 1 aliphatic heterocycles. The van der Waals surface area contributed by atoms with E-state index in [0.717, 1.165) is 27.9 Å². The maximum Gasteiger partial charge on any atom is 0.231 e. The van der Waals surface area contributed by atoms with Crippen LogP contribution >= 0.6 is 11.3 Å². The summed E-state index contributed by atoms with van der Waals surface area (Å²) in [5, 5.41) is 4.27. The fourth-order valence-electron chi connectivity index (χ4n) is 1.85. The minimum atomic E-state index is 0.307. The lowest BCUT2D eigenvalue weighted by Crippen LogP contribution is -2.00. The van der Waals surface area contributed by atoms with Gasteiger partial charge in [0.2, 0.25) is 6.79 Å². The van der Waals surface area contributed by atoms with Crippen LogP contribution in [0.3, 0.4) is 0 Å². The number of anilines is 1. The van der Waals surface area contributed by atoms with Crippen molar-refractivity contribution in [1.29, 1.82) is 0 Å². The normalized spacial score (nSPS) is 12.8. The number of nitrogens with one attached hydrogen (secondary N) is 1. The van der Waals surface area contributed by atoms with Gasteiger partial charge in [0.1, 0.15) is 0 Å². The topological polar surface area (TPSA) is 43.4 Å². The fraction of sp³-hybridized carbons (Fsp3) is 0.308. The van der Waals surface area contributed by atoms with Crippen LogP contribution in [-0.4, -0.2) is 11.8 Å². The van der Waals surface area contributed by atoms with Gasteiger partial charge < -0.3 is 14.8 Å². The number of para-hydroxylation sites is 1. The van der Waals surface area contributed by atoms with Gasteiger partial charge in [0.25, 0.3) is 0 Å². The lowest BCUT2D eigenvalue weighted by molar-refractivity contribution is 0.173. The number of aromatic nitrogens is 1. The van der Waals surface area contributed by atoms with E-state index < -0.39 is 0 Å². The minimum Gasteiger partial charge on any atom is -0.454 e. The Morgan fingerprint density at radius 2 is 2.22 bits per heavy atom. The first kappa shape index (κ1) is 11.3. The summed E-state index contributed by atoms with van der Waals surface area (Å²) in [6, 6.07) is 5.93. The average molecular weight is 262 g/mol. The highest BCUT2D eigenvalue weighted by atomic mass is 32.1. The molecule has 5 heteroatoms. The fourth-order valence-corrected chi connectivity index (χ4v) is 2.66. The molecule has 0 saturated carbocycles. The van der Waals surface area contributed by atoms with E-state index in [2.05, 4.69) is 17.2 Å². The highest BCUT2D eigenvalue weighted by Gasteiger charge is 2.17. The van der Waals surface area contributed by atoms with Crippen LogP contribution in [0.1, 0.15) is 16.1 Å². The molecule has 1 aromatic carbocycles. The molecule has 0 atom stereocenters. The molecule has 0 amide bonds. The van der Waals surface area contributed by atoms with E-state index >= 15 is 0 Å². The van der Waals surface area contributed by atoms with Crippen molar-refractivity contribution in [3.63, 3.8) is 0 Å². The molecule has 0 saturated heterocycles. The molecule has 0 unspecified atom stereocenters. The van der Waals surface area contributed by atoms with Crippen LogP contribution in [0.25, 0.3) is 0 Å². The number of ether oxygens (including phenoxy) is 2. The minimum absolute atomic E-state index is 0.307. The molecule has 0 spiro atoms. The molecule has 1 N–H and O–H groups in total. The summed E-state index contributed by atoms with van der Waals surface area (Å²) >= 11 is 1.67. The smallest absolute Gasteiger partial charge is 0.231 e. The third kappa shape index (κ3) is 2.01. The molecule has 2 aromatic rings. The molecular weight excluding hydrogens is 248 g/mol. The van der Waals surface area contributed by atoms with Gasteiger partial charge in [-0.05, 0) is 19.9 Å². The van der Waals surface area contributed by atoms with E-state index in [1.54, 1.807) is 11.3 Å². The molecular formula is C13H14N2O2S. The number of thiazole rings is 1. The van der Waals surface area contributed by atoms with Crippen LogP contribution in [0.15, 0.2) is 18.2 Å². The third-order valence-corrected chi connectivity index (χ3v) is 3.97. The first-order chi connectivity index (χ1) is 8.74. The van der Waals surface area contributed by atoms with Crippen molar-refractivity contribution in [2.75, 3.05) is 12.1 Å². The number of rotatable bonds is 3. The van der Waals surface area contributed by atoms with Crippen molar-refractivity contribution in [1.82, 2.24) is 4.98 Å². The lowest BCUT2D eigenvalue weighted by atomic mass is 10.2. The summed E-state index contributed by atoms with van der Waals surface area (Å²) < 4.78 is 10.8. The van der Waals surface area contributed by atoms with Gasteiger partial charge in [-0.2, -0.15) is 0 Å². The summed E-state index contributed by atoms with van der Waals surface area (Å²) in [5.41, 5.74) is 2.18. The van der Waals surface area contributed by atoms with Crippen molar-refractivity contribution in [2.45, 2.75) is 20.4 Å². The van der Waals surface area contributed by atoms with Crippen LogP contribution in [0, 0.1) is 13.8 Å². The Morgan fingerprint density at radius 1 is 1.33 bits per heavy atom. The number of benzene rings is 1. The molecule has 18 heavy (non-hydrogen) atoms. The van der Waals surface area contributed by atoms with E-state index in [9.17, 15) is 0 Å². The van der Waals surface area contributed by atoms with Crippen LogP contribution in [0.4, 0.5) is 5.13 Å². The van der Waals surface area contributed by atoms with E-state index in [4.69, 9.17) is 9.47 Å². The number of aryl methyl sites for hydroxylation is 2. The summed E-state index contributed by atoms with van der Waals surface area (Å²) in [6.07, 6.45) is 0. The Hall–Kier alpha value is -1.75. The van der Waals surface area contributed by atoms with Crippen molar-refractivity contribution in [3.05, 3.63) is 34.3 Å². The average Bonchev–Trinajstić information content (AvgIpc) is 2.94. The monoisotopic (exact) mass is 262 g/mol. The number of nitrogens with zero attached hydrogens (tertiary/aromatic N) is 1. The highest BCUT2D eigenvalue weighted by molar-refractivity contribution is 7.15. The standard InChI is InChI=1S/C13H14N2O2S/c1-8-9(2)18-13(15-8)14-6-10-4-3-5-11-12(10)17-7-16-11/h3-5H,6-7H2,1-2H3,(H,14,15). The van der Waals surface area contributed by atoms with Crippen LogP contribution in [0.2, 0.25) is 0 Å². The molecule has 4 nitrogen and oxygen atoms in total. The van der Waals surface area contributed by atoms with Gasteiger partial charge in [0, 0.05) is 17.0 Å². The summed E-state index contributed by atoms with van der Waals surface area (Å²) in [4.78, 5) is 5.70. The molecule has 2 heterocycles. The van der Waals surface area contributed by atoms with E-state index in [-0.39, 0.29) is 0 Å². The highest BCUT2D eigenvalue weighted by Crippen LogP contribution is 2.35. The Bertz CT molecular complexity index is 561. The molecule has 0 aliphatic carbocycles. The van der Waals surface area contributed by atoms with Crippen LogP contribution in [-0.2, 0) is 6.54 Å². The molecule has 3 rings (SSSR count). The van der Waals surface area contributed by atoms with Gasteiger partial charge in [0.05, 0.1) is 5.69 Å². The first-order valence-electron chi connectivity index (χ1n) is 5.79. The summed E-state index contributed by atoms with van der Waals surface area (Å²) in [5.74, 6) is 1.66. The molecule has 0 fully saturated rings. The maximum absolute atomic E-state index is 5.47. The molecule has 1 aliphatic rings. The lowest BCUT2D eigenvalue weighted by Gasteiger charge is -2.06. The largest absolute Gasteiger partial charge is 0.454 e. The Kier molecular flexibility index (Phi) is 2.83. The van der Waals surface area contributed by atoms with Gasteiger partial charge in [0.15, 0.2) is 16.6 Å². The predicted molar refractivity (Wildman–Crippen MR) is 71.5 cm³/mol. The predicted octanol–water partition coefficient (Wildman–Crippen LogP) is 3.10. The van der Waals surface area contributed by atoms with Crippen molar-refractivity contribution < 1.29 is 9.47 Å². The first-order valence-corrected chi connectivity index (χ1v) is 6.61. The quantitative estimate of drug-likeness (QED) is 0.923. The van der Waals surface area contributed by atoms with Gasteiger partial charge in [-0.15, -0.1) is 11.3 Å². The number of hydrogen-bond donors (Lipinski definition) is 1. The maximum atomic E-state index is 5.47. The van der Waals surface area contributed by atoms with Crippen molar-refractivity contribution in [3.8, 4) is 11.5 Å². The summed E-state index contributed by atoms with van der Waals surface area (Å²) in [7, 11) is 0. The van der Waals surface area contributed by atoms with Crippen LogP contribution in [0.5, 0.6) is 11.5 Å². The number of hydrogen-bond acceptors (Lipinski definition) is 5. The second-order valence-electron chi connectivity index (χ2n) is 4.17. The van der Waals surface area contributed by atoms with E-state index in [1.807, 2.05) is 25.1 Å². The van der Waals surface area contributed by atoms with Crippen molar-refractivity contribution >= 4 is 16.5 Å². The van der Waals surface area contributed by atoms with Gasteiger partial charge in [-0.3, -0.25) is 0 Å². The van der Waals surface area contributed by atoms with Gasteiger partial charge in [-0.25, -0.2) is 4.98 Å². The molecule has 0 bridgehead atoms. The molecule has 94 valence electrons. The second kappa shape index (κ2) is 4.49. The van der Waals surface area contributed by atoms with Gasteiger partial charge in [-0.1, -0.05) is 12.1 Å². The second-order valence-corrected chi connectivity index (χ2v) is 5.37. The zero-order valence-corrected chi connectivity index (χ0v) is 11.1. The van der Waals surface area contributed by atoms with E-state index in [0.29, 0.717) is 13.3 Å².